The zero-order valence-corrected chi connectivity index (χ0v) is 14.2. The van der Waals surface area contributed by atoms with Gasteiger partial charge in [-0.1, -0.05) is 36.4 Å². The molecule has 0 unspecified atom stereocenters. The third-order valence-electron chi connectivity index (χ3n) is 5.74. The van der Waals surface area contributed by atoms with Crippen molar-refractivity contribution < 1.29 is 18.0 Å². The summed E-state index contributed by atoms with van der Waals surface area (Å²) in [6, 6.07) is 17.2. The van der Waals surface area contributed by atoms with E-state index in [1.807, 2.05) is 54.6 Å². The molecule has 0 spiro atoms. The number of alkyl halides is 3. The van der Waals surface area contributed by atoms with Crippen molar-refractivity contribution in [3.8, 4) is 0 Å². The molecule has 0 bridgehead atoms. The number of likely N-dealkylation sites (tertiary alicyclic amines) is 1. The smallest absolute Gasteiger partial charge is 0.364 e. The first-order valence-electron chi connectivity index (χ1n) is 8.73. The number of aromatic amines is 1. The zero-order valence-electron chi connectivity index (χ0n) is 14.2. The van der Waals surface area contributed by atoms with Crippen LogP contribution in [0.25, 0.3) is 10.9 Å². The number of carbonyl (C=O) groups excluding carboxylic acids is 1. The molecule has 0 radical (unpaired) electrons. The van der Waals surface area contributed by atoms with Gasteiger partial charge in [-0.2, -0.15) is 13.2 Å². The molecular formula is C20H16F3N3O. The Morgan fingerprint density at radius 2 is 1.85 bits per heavy atom. The van der Waals surface area contributed by atoms with Crippen LogP contribution in [-0.2, 0) is 10.2 Å². The highest BCUT2D eigenvalue weighted by Crippen LogP contribution is 2.53. The van der Waals surface area contributed by atoms with Gasteiger partial charge in [0.15, 0.2) is 0 Å². The Hall–Kier alpha value is -2.96. The number of anilines is 1. The number of hydrogen-bond donors (Lipinski definition) is 2. The number of benzene rings is 2. The number of hydrogen-bond acceptors (Lipinski definition) is 2. The molecule has 3 aromatic rings. The van der Waals surface area contributed by atoms with E-state index in [0.717, 1.165) is 32.7 Å². The van der Waals surface area contributed by atoms with E-state index in [0.29, 0.717) is 6.42 Å². The van der Waals surface area contributed by atoms with Gasteiger partial charge in [-0.05, 0) is 35.6 Å². The number of fused-ring (bicyclic) bond motifs is 4. The van der Waals surface area contributed by atoms with Gasteiger partial charge in [0.25, 0.3) is 0 Å². The topological polar surface area (TPSA) is 48.1 Å². The Kier molecular flexibility index (Phi) is 3.17. The molecule has 138 valence electrons. The fraction of sp³-hybridized carbons (Fsp3) is 0.250. The molecule has 0 aliphatic carbocycles. The van der Waals surface area contributed by atoms with Crippen molar-refractivity contribution in [2.45, 2.75) is 24.2 Å². The van der Waals surface area contributed by atoms with Crippen LogP contribution < -0.4 is 5.32 Å². The normalized spacial score (nSPS) is 24.0. The lowest BCUT2D eigenvalue weighted by Gasteiger charge is -2.32. The molecule has 1 amide bonds. The molecule has 1 saturated heterocycles. The second-order valence-corrected chi connectivity index (χ2v) is 7.08. The second-order valence-electron chi connectivity index (χ2n) is 7.08. The molecule has 7 heteroatoms. The molecule has 2 aliphatic heterocycles. The number of nitrogens with zero attached hydrogens (tertiary/aromatic N) is 1. The minimum absolute atomic E-state index is 0.0414. The van der Waals surface area contributed by atoms with E-state index in [9.17, 15) is 18.0 Å². The number of rotatable bonds is 1. The maximum absolute atomic E-state index is 13.2. The van der Waals surface area contributed by atoms with Crippen LogP contribution in [0.15, 0.2) is 54.6 Å². The largest absolute Gasteiger partial charge is 0.471 e. The van der Waals surface area contributed by atoms with Crippen molar-refractivity contribution in [2.75, 3.05) is 11.9 Å². The van der Waals surface area contributed by atoms with Gasteiger partial charge in [-0.25, -0.2) is 0 Å². The number of aromatic nitrogens is 1. The standard InChI is InChI=1S/C20H16F3N3O/c21-20(22,23)18(27)26-10-9-19(13-6-2-4-8-15(13)25-17(19)26)16-11-12-5-1-3-7-14(12)24-16/h1-8,11,17,24-25H,9-10H2/t17-,19-/m1/s1. The summed E-state index contributed by atoms with van der Waals surface area (Å²) >= 11 is 0. The summed E-state index contributed by atoms with van der Waals surface area (Å²) in [5.74, 6) is -1.80. The van der Waals surface area contributed by atoms with Crippen LogP contribution in [0.5, 0.6) is 0 Å². The van der Waals surface area contributed by atoms with E-state index in [4.69, 9.17) is 0 Å². The summed E-state index contributed by atoms with van der Waals surface area (Å²) in [7, 11) is 0. The molecule has 2 aromatic carbocycles. The van der Waals surface area contributed by atoms with Crippen LogP contribution in [0.3, 0.4) is 0 Å². The monoisotopic (exact) mass is 371 g/mol. The number of carbonyl (C=O) groups is 1. The molecule has 4 nitrogen and oxygen atoms in total. The molecule has 5 rings (SSSR count). The van der Waals surface area contributed by atoms with Crippen molar-refractivity contribution in [1.82, 2.24) is 9.88 Å². The van der Waals surface area contributed by atoms with E-state index in [2.05, 4.69) is 10.3 Å². The summed E-state index contributed by atoms with van der Waals surface area (Å²) in [5.41, 5.74) is 2.69. The highest BCUT2D eigenvalue weighted by atomic mass is 19.4. The minimum Gasteiger partial charge on any atom is -0.364 e. The van der Waals surface area contributed by atoms with Crippen molar-refractivity contribution >= 4 is 22.5 Å². The van der Waals surface area contributed by atoms with E-state index in [1.54, 1.807) is 0 Å². The highest BCUT2D eigenvalue weighted by molar-refractivity contribution is 5.86. The van der Waals surface area contributed by atoms with Gasteiger partial charge >= 0.3 is 12.1 Å². The second kappa shape index (κ2) is 5.28. The summed E-state index contributed by atoms with van der Waals surface area (Å²) in [5, 5.41) is 4.16. The van der Waals surface area contributed by atoms with Crippen molar-refractivity contribution in [1.29, 1.82) is 0 Å². The Labute approximate surface area is 153 Å². The van der Waals surface area contributed by atoms with Gasteiger partial charge in [-0.3, -0.25) is 4.79 Å². The van der Waals surface area contributed by atoms with Gasteiger partial charge in [0.1, 0.15) is 6.17 Å². The number of H-pyrrole nitrogens is 1. The van der Waals surface area contributed by atoms with Gasteiger partial charge in [-0.15, -0.1) is 0 Å². The maximum Gasteiger partial charge on any atom is 0.471 e. The van der Waals surface area contributed by atoms with Gasteiger partial charge < -0.3 is 15.2 Å². The molecular weight excluding hydrogens is 355 g/mol. The molecule has 1 aromatic heterocycles. The van der Waals surface area contributed by atoms with Crippen LogP contribution in [0.1, 0.15) is 17.7 Å². The average Bonchev–Trinajstić information content (AvgIpc) is 3.30. The Balaban J connectivity index is 1.70. The highest BCUT2D eigenvalue weighted by Gasteiger charge is 2.60. The van der Waals surface area contributed by atoms with Crippen LogP contribution in [0.4, 0.5) is 18.9 Å². The molecule has 0 saturated carbocycles. The van der Waals surface area contributed by atoms with E-state index in [1.165, 1.54) is 0 Å². The Morgan fingerprint density at radius 3 is 2.63 bits per heavy atom. The molecule has 3 heterocycles. The van der Waals surface area contributed by atoms with Crippen molar-refractivity contribution in [2.24, 2.45) is 0 Å². The number of halogens is 3. The van der Waals surface area contributed by atoms with Crippen LogP contribution in [0, 0.1) is 0 Å². The summed E-state index contributed by atoms with van der Waals surface area (Å²) in [4.78, 5) is 16.4. The number of para-hydroxylation sites is 2. The van der Waals surface area contributed by atoms with Crippen molar-refractivity contribution in [3.63, 3.8) is 0 Å². The Bertz CT molecular complexity index is 1020. The first-order chi connectivity index (χ1) is 12.9. The average molecular weight is 371 g/mol. The molecule has 2 atom stereocenters. The molecule has 27 heavy (non-hydrogen) atoms. The van der Waals surface area contributed by atoms with E-state index >= 15 is 0 Å². The third-order valence-corrected chi connectivity index (χ3v) is 5.74. The Morgan fingerprint density at radius 1 is 1.11 bits per heavy atom. The third kappa shape index (κ3) is 2.14. The summed E-state index contributed by atoms with van der Waals surface area (Å²) < 4.78 is 39.5. The van der Waals surface area contributed by atoms with Crippen LogP contribution in [-0.4, -0.2) is 34.7 Å². The number of amides is 1. The molecule has 2 N–H and O–H groups in total. The van der Waals surface area contributed by atoms with Crippen molar-refractivity contribution in [3.05, 3.63) is 65.9 Å². The lowest BCUT2D eigenvalue weighted by molar-refractivity contribution is -0.186. The summed E-state index contributed by atoms with van der Waals surface area (Å²) in [6.07, 6.45) is -5.26. The first kappa shape index (κ1) is 16.2. The lowest BCUT2D eigenvalue weighted by atomic mass is 9.76. The predicted molar refractivity (Wildman–Crippen MR) is 95.3 cm³/mol. The minimum atomic E-state index is -4.90. The fourth-order valence-electron chi connectivity index (χ4n) is 4.58. The van der Waals surface area contributed by atoms with Crippen LogP contribution >= 0.6 is 0 Å². The fourth-order valence-corrected chi connectivity index (χ4v) is 4.58. The van der Waals surface area contributed by atoms with Gasteiger partial charge in [0.2, 0.25) is 0 Å². The van der Waals surface area contributed by atoms with Gasteiger partial charge in [0, 0.05) is 23.4 Å². The predicted octanol–water partition coefficient (Wildman–Crippen LogP) is 4.00. The van der Waals surface area contributed by atoms with E-state index in [-0.39, 0.29) is 6.54 Å². The van der Waals surface area contributed by atoms with Gasteiger partial charge in [0.05, 0.1) is 5.41 Å². The zero-order chi connectivity index (χ0) is 18.8. The maximum atomic E-state index is 13.2. The molecule has 2 aliphatic rings. The number of nitrogens with one attached hydrogen (secondary N) is 2. The SMILES string of the molecule is O=C(N1CC[C@]2(c3cc4ccccc4[nH]3)c3ccccc3N[C@H]12)C(F)(F)F. The summed E-state index contributed by atoms with van der Waals surface area (Å²) in [6.45, 7) is 0.0414. The quantitative estimate of drug-likeness (QED) is 0.679. The molecule has 1 fully saturated rings. The lowest BCUT2D eigenvalue weighted by Crippen LogP contribution is -2.50. The van der Waals surface area contributed by atoms with Crippen LogP contribution in [0.2, 0.25) is 0 Å². The first-order valence-corrected chi connectivity index (χ1v) is 8.73. The van der Waals surface area contributed by atoms with E-state index < -0.39 is 23.7 Å².